The molecule has 1 aliphatic rings. The lowest BCUT2D eigenvalue weighted by atomic mass is 10.00. The molecule has 0 aliphatic carbocycles. The number of halogens is 1. The minimum atomic E-state index is 0.490. The van der Waals surface area contributed by atoms with Crippen LogP contribution >= 0.6 is 11.6 Å². The maximum absolute atomic E-state index is 8.32. The van der Waals surface area contributed by atoms with Crippen LogP contribution in [0.3, 0.4) is 0 Å². The largest absolute Gasteiger partial charge is 0.397 e. The van der Waals surface area contributed by atoms with Crippen molar-refractivity contribution in [2.45, 2.75) is 12.8 Å². The summed E-state index contributed by atoms with van der Waals surface area (Å²) < 4.78 is 0. The second kappa shape index (κ2) is 5.55. The van der Waals surface area contributed by atoms with Gasteiger partial charge in [0.15, 0.2) is 0 Å². The zero-order valence-electron chi connectivity index (χ0n) is 10.5. The van der Waals surface area contributed by atoms with E-state index in [0.29, 0.717) is 16.4 Å². The van der Waals surface area contributed by atoms with Gasteiger partial charge in [0.2, 0.25) is 0 Å². The Balaban J connectivity index is 2.30. The van der Waals surface area contributed by atoms with Crippen LogP contribution in [0.25, 0.3) is 0 Å². The van der Waals surface area contributed by atoms with E-state index in [0.717, 1.165) is 37.1 Å². The first-order valence-electron chi connectivity index (χ1n) is 6.10. The molecule has 0 spiro atoms. The highest BCUT2D eigenvalue weighted by atomic mass is 35.5. The molecule has 3 N–H and O–H groups in total. The minimum absolute atomic E-state index is 0.490. The molecule has 0 atom stereocenters. The Kier molecular flexibility index (Phi) is 4.04. The summed E-state index contributed by atoms with van der Waals surface area (Å²) >= 11 is 6.01. The highest BCUT2D eigenvalue weighted by Crippen LogP contribution is 2.25. The Morgan fingerprint density at radius 3 is 3.00 bits per heavy atom. The predicted molar refractivity (Wildman–Crippen MR) is 77.5 cm³/mol. The van der Waals surface area contributed by atoms with Gasteiger partial charge in [0.05, 0.1) is 16.4 Å². The van der Waals surface area contributed by atoms with E-state index in [4.69, 9.17) is 22.7 Å². The Bertz CT molecular complexity index is 494. The van der Waals surface area contributed by atoms with E-state index in [-0.39, 0.29) is 0 Å². The number of anilines is 1. The molecule has 0 aromatic heterocycles. The third-order valence-electron chi connectivity index (χ3n) is 3.22. The number of hydrogen-bond donors (Lipinski definition) is 2. The van der Waals surface area contributed by atoms with Crippen LogP contribution in [0.2, 0.25) is 5.02 Å². The number of benzene rings is 1. The molecule has 1 aliphatic heterocycles. The molecule has 0 saturated heterocycles. The van der Waals surface area contributed by atoms with Crippen molar-refractivity contribution in [1.29, 1.82) is 5.41 Å². The number of hydrogen-bond acceptors (Lipinski definition) is 3. The molecule has 2 rings (SSSR count). The van der Waals surface area contributed by atoms with Crippen molar-refractivity contribution in [3.8, 4) is 0 Å². The van der Waals surface area contributed by atoms with Gasteiger partial charge < -0.3 is 10.6 Å². The molecule has 4 heteroatoms. The van der Waals surface area contributed by atoms with Gasteiger partial charge in [-0.2, -0.15) is 0 Å². The van der Waals surface area contributed by atoms with Gasteiger partial charge in [0.25, 0.3) is 0 Å². The van der Waals surface area contributed by atoms with Crippen molar-refractivity contribution in [2.24, 2.45) is 0 Å². The van der Waals surface area contributed by atoms with Crippen molar-refractivity contribution in [3.05, 3.63) is 40.4 Å². The summed E-state index contributed by atoms with van der Waals surface area (Å²) in [7, 11) is 2.08. The number of nitrogen functional groups attached to an aromatic ring is 1. The second-order valence-corrected chi connectivity index (χ2v) is 5.09. The van der Waals surface area contributed by atoms with Crippen LogP contribution in [0.1, 0.15) is 18.4 Å². The van der Waals surface area contributed by atoms with Crippen LogP contribution in [0, 0.1) is 5.41 Å². The number of likely N-dealkylation sites (N-methyl/N-ethyl adjacent to an activating group) is 1. The average molecular weight is 264 g/mol. The Morgan fingerprint density at radius 2 is 2.22 bits per heavy atom. The lowest BCUT2D eigenvalue weighted by Gasteiger charge is -2.17. The Morgan fingerprint density at radius 1 is 1.44 bits per heavy atom. The zero-order valence-corrected chi connectivity index (χ0v) is 11.3. The number of para-hydroxylation sites is 1. The molecule has 0 bridgehead atoms. The maximum atomic E-state index is 8.32. The smallest absolute Gasteiger partial charge is 0.0675 e. The normalized spacial score (nSPS) is 17.1. The van der Waals surface area contributed by atoms with Crippen molar-refractivity contribution < 1.29 is 0 Å². The monoisotopic (exact) mass is 263 g/mol. The molecular formula is C14H18ClN3. The fraction of sp³-hybridized carbons (Fsp3) is 0.357. The van der Waals surface area contributed by atoms with E-state index in [1.807, 2.05) is 12.1 Å². The molecule has 1 heterocycles. The number of allylic oxidation sites excluding steroid dienone is 1. The molecule has 0 amide bonds. The molecule has 96 valence electrons. The van der Waals surface area contributed by atoms with Crippen molar-refractivity contribution in [3.63, 3.8) is 0 Å². The Hall–Kier alpha value is -1.32. The molecular weight excluding hydrogens is 246 g/mol. The highest BCUT2D eigenvalue weighted by molar-refractivity contribution is 6.34. The van der Waals surface area contributed by atoms with E-state index >= 15 is 0 Å². The van der Waals surface area contributed by atoms with Crippen LogP contribution in [0.5, 0.6) is 0 Å². The second-order valence-electron chi connectivity index (χ2n) is 4.69. The fourth-order valence-electron chi connectivity index (χ4n) is 2.18. The minimum Gasteiger partial charge on any atom is -0.397 e. The van der Waals surface area contributed by atoms with E-state index < -0.39 is 0 Å². The number of nitrogens with two attached hydrogens (primary N) is 1. The average Bonchev–Trinajstić information content (AvgIpc) is 2.56. The molecule has 0 unspecified atom stereocenters. The van der Waals surface area contributed by atoms with Gasteiger partial charge in [0, 0.05) is 12.1 Å². The van der Waals surface area contributed by atoms with Gasteiger partial charge in [-0.25, -0.2) is 0 Å². The molecule has 3 nitrogen and oxygen atoms in total. The molecule has 0 saturated carbocycles. The number of nitrogens with one attached hydrogen (secondary N) is 1. The molecule has 0 radical (unpaired) electrons. The van der Waals surface area contributed by atoms with E-state index in [1.54, 1.807) is 6.07 Å². The van der Waals surface area contributed by atoms with Gasteiger partial charge in [-0.1, -0.05) is 29.8 Å². The quantitative estimate of drug-likeness (QED) is 0.637. The first kappa shape index (κ1) is 13.1. The first-order chi connectivity index (χ1) is 8.59. The van der Waals surface area contributed by atoms with Gasteiger partial charge in [-0.3, -0.25) is 5.41 Å². The van der Waals surface area contributed by atoms with E-state index in [1.165, 1.54) is 0 Å². The lowest BCUT2D eigenvalue weighted by Crippen LogP contribution is -2.23. The Labute approximate surface area is 113 Å². The van der Waals surface area contributed by atoms with Gasteiger partial charge in [-0.05, 0) is 38.1 Å². The van der Waals surface area contributed by atoms with E-state index in [2.05, 4.69) is 18.0 Å². The van der Waals surface area contributed by atoms with Crippen molar-refractivity contribution in [1.82, 2.24) is 4.90 Å². The number of nitrogens with zero attached hydrogens (tertiary/aromatic N) is 1. The summed E-state index contributed by atoms with van der Waals surface area (Å²) in [5.41, 5.74) is 8.69. The third-order valence-corrected chi connectivity index (χ3v) is 3.55. The predicted octanol–water partition coefficient (Wildman–Crippen LogP) is 2.94. The fourth-order valence-corrected chi connectivity index (χ4v) is 2.36. The van der Waals surface area contributed by atoms with Crippen LogP contribution in [-0.2, 0) is 0 Å². The topological polar surface area (TPSA) is 53.1 Å². The van der Waals surface area contributed by atoms with Crippen LogP contribution in [-0.4, -0.2) is 30.7 Å². The van der Waals surface area contributed by atoms with Gasteiger partial charge in [0.1, 0.15) is 0 Å². The standard InChI is InChI=1S/C14H18ClN3/c1-18-8-3-2-5-10(9-18)13(16)11-6-4-7-12(15)14(11)17/h4-7,16H,2-3,8-9,17H2,1H3. The van der Waals surface area contributed by atoms with Crippen molar-refractivity contribution in [2.75, 3.05) is 25.9 Å². The van der Waals surface area contributed by atoms with Crippen LogP contribution in [0.15, 0.2) is 29.8 Å². The van der Waals surface area contributed by atoms with Crippen molar-refractivity contribution >= 4 is 23.0 Å². The van der Waals surface area contributed by atoms with Crippen LogP contribution in [0.4, 0.5) is 5.69 Å². The highest BCUT2D eigenvalue weighted by Gasteiger charge is 2.15. The molecule has 18 heavy (non-hydrogen) atoms. The summed E-state index contributed by atoms with van der Waals surface area (Å²) in [4.78, 5) is 2.23. The third kappa shape index (κ3) is 2.74. The van der Waals surface area contributed by atoms with E-state index in [9.17, 15) is 0 Å². The number of rotatable bonds is 2. The summed E-state index contributed by atoms with van der Waals surface area (Å²) in [6.07, 6.45) is 4.30. The summed E-state index contributed by atoms with van der Waals surface area (Å²) in [5, 5.41) is 8.83. The zero-order chi connectivity index (χ0) is 13.1. The van der Waals surface area contributed by atoms with Gasteiger partial charge >= 0.3 is 0 Å². The molecule has 1 aromatic carbocycles. The lowest BCUT2D eigenvalue weighted by molar-refractivity contribution is 0.369. The van der Waals surface area contributed by atoms with Gasteiger partial charge in [-0.15, -0.1) is 0 Å². The summed E-state index contributed by atoms with van der Waals surface area (Å²) in [6, 6.07) is 5.44. The maximum Gasteiger partial charge on any atom is 0.0675 e. The van der Waals surface area contributed by atoms with Crippen LogP contribution < -0.4 is 5.73 Å². The summed E-state index contributed by atoms with van der Waals surface area (Å²) in [5.74, 6) is 0. The summed E-state index contributed by atoms with van der Waals surface area (Å²) in [6.45, 7) is 1.86. The SMILES string of the molecule is CN1CCCC=C(C(=N)c2cccc(Cl)c2N)C1. The first-order valence-corrected chi connectivity index (χ1v) is 6.48. The molecule has 1 aromatic rings. The molecule has 0 fully saturated rings.